The fraction of sp³-hybridized carbons (Fsp3) is 0.182. The van der Waals surface area contributed by atoms with Crippen molar-refractivity contribution in [3.63, 3.8) is 0 Å². The van der Waals surface area contributed by atoms with Crippen LogP contribution in [-0.4, -0.2) is 11.0 Å². The summed E-state index contributed by atoms with van der Waals surface area (Å²) in [4.78, 5) is 10.6. The number of rotatable bonds is 4. The molecule has 0 radical (unpaired) electrons. The number of aldehydes is 1. The Morgan fingerprint density at radius 1 is 1.23 bits per heavy atom. The van der Waals surface area contributed by atoms with Crippen LogP contribution in [0.3, 0.4) is 0 Å². The predicted octanol–water partition coefficient (Wildman–Crippen LogP) is 2.43. The molecule has 0 aliphatic heterocycles. The summed E-state index contributed by atoms with van der Waals surface area (Å²) in [5.41, 5.74) is 1.27. The predicted molar refractivity (Wildman–Crippen MR) is 55.7 cm³/mol. The third-order valence-electron chi connectivity index (χ3n) is 2.01. The molecule has 0 aromatic heterocycles. The number of carbonyl (C=O) groups is 1. The van der Waals surface area contributed by atoms with Crippen LogP contribution in [0.4, 0.5) is 0 Å². The van der Waals surface area contributed by atoms with Gasteiger partial charge < -0.3 is 4.79 Å². The highest BCUT2D eigenvalue weighted by Gasteiger charge is 2.33. The van der Waals surface area contributed by atoms with E-state index < -0.39 is 0 Å². The first-order chi connectivity index (χ1) is 6.35. The lowest BCUT2D eigenvalue weighted by atomic mass is 10.2. The molecule has 0 saturated heterocycles. The number of carbonyl (C=O) groups excluding carboxylic acids is 1. The van der Waals surface area contributed by atoms with Crippen molar-refractivity contribution in [3.05, 3.63) is 48.0 Å². The lowest BCUT2D eigenvalue weighted by Crippen LogP contribution is -2.06. The zero-order chi connectivity index (χ0) is 9.15. The van der Waals surface area contributed by atoms with Gasteiger partial charge in [0.2, 0.25) is 0 Å². The average Bonchev–Trinajstić information content (AvgIpc) is 2.97. The van der Waals surface area contributed by atoms with E-state index in [0.717, 1.165) is 12.0 Å². The molecular weight excluding hydrogens is 180 g/mol. The van der Waals surface area contributed by atoms with Crippen molar-refractivity contribution in [2.45, 2.75) is 10.5 Å². The standard InChI is InChI=1S/C11H10OS/c12-9-11(6-7-11)13-8-10-4-2-1-3-5-10/h1-7,9H,8H2. The first-order valence-electron chi connectivity index (χ1n) is 4.19. The second kappa shape index (κ2) is 3.38. The summed E-state index contributed by atoms with van der Waals surface area (Å²) in [6, 6.07) is 10.2. The van der Waals surface area contributed by atoms with Crippen LogP contribution >= 0.6 is 11.8 Å². The Kier molecular flexibility index (Phi) is 2.23. The van der Waals surface area contributed by atoms with E-state index in [0.29, 0.717) is 0 Å². The van der Waals surface area contributed by atoms with Gasteiger partial charge in [-0.25, -0.2) is 0 Å². The first-order valence-corrected chi connectivity index (χ1v) is 5.18. The van der Waals surface area contributed by atoms with Gasteiger partial charge in [0.1, 0.15) is 11.0 Å². The lowest BCUT2D eigenvalue weighted by Gasteiger charge is -2.06. The number of hydrogen-bond acceptors (Lipinski definition) is 2. The van der Waals surface area contributed by atoms with E-state index in [1.165, 1.54) is 5.56 Å². The van der Waals surface area contributed by atoms with Crippen LogP contribution in [-0.2, 0) is 10.5 Å². The van der Waals surface area contributed by atoms with Gasteiger partial charge in [0.25, 0.3) is 0 Å². The van der Waals surface area contributed by atoms with Gasteiger partial charge in [-0.15, -0.1) is 11.8 Å². The zero-order valence-corrected chi connectivity index (χ0v) is 7.96. The third kappa shape index (κ3) is 2.01. The van der Waals surface area contributed by atoms with E-state index in [1.54, 1.807) is 11.8 Å². The van der Waals surface area contributed by atoms with E-state index in [4.69, 9.17) is 0 Å². The SMILES string of the molecule is O=CC1(SCc2ccccc2)C=C1. The van der Waals surface area contributed by atoms with Crippen molar-refractivity contribution in [2.24, 2.45) is 0 Å². The summed E-state index contributed by atoms with van der Waals surface area (Å²) >= 11 is 1.66. The molecule has 66 valence electrons. The molecule has 1 aliphatic carbocycles. The molecule has 1 aromatic carbocycles. The summed E-state index contributed by atoms with van der Waals surface area (Å²) in [5.74, 6) is 0.895. The molecule has 0 unspecified atom stereocenters. The number of hydrogen-bond donors (Lipinski definition) is 0. The Hall–Kier alpha value is -1.02. The Bertz CT molecular complexity index is 323. The highest BCUT2D eigenvalue weighted by atomic mass is 32.2. The van der Waals surface area contributed by atoms with Gasteiger partial charge in [-0.1, -0.05) is 42.5 Å². The molecule has 0 N–H and O–H groups in total. The van der Waals surface area contributed by atoms with Crippen LogP contribution in [0.25, 0.3) is 0 Å². The van der Waals surface area contributed by atoms with Crippen molar-refractivity contribution in [1.82, 2.24) is 0 Å². The van der Waals surface area contributed by atoms with Crippen molar-refractivity contribution < 1.29 is 4.79 Å². The van der Waals surface area contributed by atoms with Crippen LogP contribution in [0.15, 0.2) is 42.5 Å². The van der Waals surface area contributed by atoms with Crippen LogP contribution < -0.4 is 0 Å². The first kappa shape index (κ1) is 8.57. The highest BCUT2D eigenvalue weighted by Crippen LogP contribution is 2.38. The zero-order valence-electron chi connectivity index (χ0n) is 7.14. The third-order valence-corrected chi connectivity index (χ3v) is 3.36. The fourth-order valence-electron chi connectivity index (χ4n) is 1.07. The van der Waals surface area contributed by atoms with E-state index in [2.05, 4.69) is 12.1 Å². The largest absolute Gasteiger partial charge is 0.301 e. The Balaban J connectivity index is 1.90. The van der Waals surface area contributed by atoms with Gasteiger partial charge in [-0.3, -0.25) is 0 Å². The van der Waals surface area contributed by atoms with Gasteiger partial charge in [-0.05, 0) is 5.56 Å². The van der Waals surface area contributed by atoms with E-state index in [1.807, 2.05) is 30.4 Å². The second-order valence-corrected chi connectivity index (χ2v) is 4.36. The number of benzene rings is 1. The molecule has 1 aliphatic rings. The molecule has 13 heavy (non-hydrogen) atoms. The summed E-state index contributed by atoms with van der Waals surface area (Å²) in [6.45, 7) is 0. The van der Waals surface area contributed by atoms with Crippen LogP contribution in [0.5, 0.6) is 0 Å². The van der Waals surface area contributed by atoms with E-state index in [9.17, 15) is 4.79 Å². The van der Waals surface area contributed by atoms with Gasteiger partial charge >= 0.3 is 0 Å². The van der Waals surface area contributed by atoms with E-state index in [-0.39, 0.29) is 4.75 Å². The molecular formula is C11H10OS. The quantitative estimate of drug-likeness (QED) is 0.536. The molecule has 0 spiro atoms. The molecule has 1 nitrogen and oxygen atoms in total. The molecule has 0 heterocycles. The maximum atomic E-state index is 10.6. The van der Waals surface area contributed by atoms with Crippen molar-refractivity contribution in [3.8, 4) is 0 Å². The second-order valence-electron chi connectivity index (χ2n) is 3.08. The highest BCUT2D eigenvalue weighted by molar-refractivity contribution is 8.01. The average molecular weight is 190 g/mol. The fourth-order valence-corrected chi connectivity index (χ4v) is 2.01. The van der Waals surface area contributed by atoms with Crippen LogP contribution in [0.1, 0.15) is 5.56 Å². The summed E-state index contributed by atoms with van der Waals surface area (Å²) < 4.78 is -0.268. The minimum Gasteiger partial charge on any atom is -0.301 e. The maximum Gasteiger partial charge on any atom is 0.143 e. The summed E-state index contributed by atoms with van der Waals surface area (Å²) in [7, 11) is 0. The Labute approximate surface area is 81.8 Å². The molecule has 0 bridgehead atoms. The van der Waals surface area contributed by atoms with Crippen LogP contribution in [0.2, 0.25) is 0 Å². The van der Waals surface area contributed by atoms with Gasteiger partial charge in [0.05, 0.1) is 0 Å². The minimum atomic E-state index is -0.268. The summed E-state index contributed by atoms with van der Waals surface area (Å²) in [6.07, 6.45) is 4.88. The normalized spacial score (nSPS) is 16.9. The van der Waals surface area contributed by atoms with Gasteiger partial charge in [0.15, 0.2) is 0 Å². The minimum absolute atomic E-state index is 0.268. The van der Waals surface area contributed by atoms with Crippen molar-refractivity contribution in [2.75, 3.05) is 0 Å². The van der Waals surface area contributed by atoms with Gasteiger partial charge in [-0.2, -0.15) is 0 Å². The number of thioether (sulfide) groups is 1. The van der Waals surface area contributed by atoms with Crippen molar-refractivity contribution in [1.29, 1.82) is 0 Å². The lowest BCUT2D eigenvalue weighted by molar-refractivity contribution is -0.107. The Morgan fingerprint density at radius 2 is 1.92 bits per heavy atom. The molecule has 2 rings (SSSR count). The van der Waals surface area contributed by atoms with Crippen molar-refractivity contribution >= 4 is 18.0 Å². The molecule has 0 atom stereocenters. The monoisotopic (exact) mass is 190 g/mol. The van der Waals surface area contributed by atoms with Crippen LogP contribution in [0, 0.1) is 0 Å². The van der Waals surface area contributed by atoms with Gasteiger partial charge in [0, 0.05) is 5.75 Å². The van der Waals surface area contributed by atoms with E-state index >= 15 is 0 Å². The smallest absolute Gasteiger partial charge is 0.143 e. The molecule has 0 amide bonds. The molecule has 0 fully saturated rings. The topological polar surface area (TPSA) is 17.1 Å². The molecule has 2 heteroatoms. The Morgan fingerprint density at radius 3 is 2.46 bits per heavy atom. The maximum absolute atomic E-state index is 10.6. The summed E-state index contributed by atoms with van der Waals surface area (Å²) in [5, 5.41) is 0. The molecule has 1 aromatic rings. The molecule has 0 saturated carbocycles.